The lowest BCUT2D eigenvalue weighted by molar-refractivity contribution is 0.0953. The molecule has 0 saturated carbocycles. The van der Waals surface area contributed by atoms with Gasteiger partial charge in [-0.2, -0.15) is 0 Å². The molecule has 0 atom stereocenters. The summed E-state index contributed by atoms with van der Waals surface area (Å²) < 4.78 is 16.5. The van der Waals surface area contributed by atoms with Gasteiger partial charge in [-0.1, -0.05) is 20.8 Å². The van der Waals surface area contributed by atoms with Crippen LogP contribution < -0.4 is 19.7 Å². The lowest BCUT2D eigenvalue weighted by Crippen LogP contribution is -2.31. The summed E-state index contributed by atoms with van der Waals surface area (Å²) in [4.78, 5) is 41.6. The Bertz CT molecular complexity index is 1310. The van der Waals surface area contributed by atoms with E-state index < -0.39 is 6.09 Å². The van der Waals surface area contributed by atoms with Crippen molar-refractivity contribution in [3.05, 3.63) is 52.1 Å². The molecule has 0 bridgehead atoms. The summed E-state index contributed by atoms with van der Waals surface area (Å²) in [7, 11) is 3.09. The van der Waals surface area contributed by atoms with Crippen LogP contribution in [0, 0.1) is 5.41 Å². The van der Waals surface area contributed by atoms with Crippen molar-refractivity contribution in [2.75, 3.05) is 45.4 Å². The summed E-state index contributed by atoms with van der Waals surface area (Å²) in [5.74, 6) is 0.619. The second-order valence-electron chi connectivity index (χ2n) is 10.2. The minimum atomic E-state index is -0.485. The fourth-order valence-electron chi connectivity index (χ4n) is 4.77. The number of Topliss-reactive ketones (excluding diaryl/α,β-unsaturated/α-hetero) is 1. The molecule has 2 aromatic carbocycles. The van der Waals surface area contributed by atoms with Gasteiger partial charge in [0.2, 0.25) is 0 Å². The van der Waals surface area contributed by atoms with E-state index in [1.807, 2.05) is 27.7 Å². The molecule has 2 amide bonds. The first-order valence-corrected chi connectivity index (χ1v) is 12.6. The van der Waals surface area contributed by atoms with Gasteiger partial charge in [0.25, 0.3) is 5.91 Å². The Morgan fingerprint density at radius 1 is 1.18 bits per heavy atom. The van der Waals surface area contributed by atoms with Crippen molar-refractivity contribution in [1.29, 1.82) is 5.41 Å². The van der Waals surface area contributed by atoms with Gasteiger partial charge in [-0.3, -0.25) is 19.9 Å². The summed E-state index contributed by atoms with van der Waals surface area (Å²) in [6, 6.07) is 6.88. The smallest absolute Gasteiger partial charge is 0.414 e. The van der Waals surface area contributed by atoms with Crippen LogP contribution in [0.4, 0.5) is 10.5 Å². The summed E-state index contributed by atoms with van der Waals surface area (Å²) in [6.45, 7) is 9.17. The molecule has 2 aliphatic rings. The third-order valence-electron chi connectivity index (χ3n) is 6.70. The van der Waals surface area contributed by atoms with Crippen molar-refractivity contribution >= 4 is 29.3 Å². The number of carbonyl (C=O) groups excluding carboxylic acids is 3. The number of benzene rings is 2. The van der Waals surface area contributed by atoms with E-state index in [1.54, 1.807) is 43.3 Å². The first-order valence-electron chi connectivity index (χ1n) is 12.6. The van der Waals surface area contributed by atoms with Crippen molar-refractivity contribution in [3.63, 3.8) is 0 Å². The zero-order valence-electron chi connectivity index (χ0n) is 22.7. The highest BCUT2D eigenvalue weighted by Crippen LogP contribution is 2.41. The highest BCUT2D eigenvalue weighted by atomic mass is 16.6. The molecule has 10 nitrogen and oxygen atoms in total. The van der Waals surface area contributed by atoms with Gasteiger partial charge in [0.05, 0.1) is 38.1 Å². The molecule has 0 aromatic heterocycles. The average Bonchev–Trinajstić information content (AvgIpc) is 3.44. The Morgan fingerprint density at radius 2 is 1.92 bits per heavy atom. The average molecular weight is 523 g/mol. The molecule has 2 N–H and O–H groups in total. The van der Waals surface area contributed by atoms with Crippen LogP contribution in [0.3, 0.4) is 0 Å². The van der Waals surface area contributed by atoms with Gasteiger partial charge in [0.15, 0.2) is 5.78 Å². The van der Waals surface area contributed by atoms with E-state index in [1.165, 1.54) is 4.90 Å². The van der Waals surface area contributed by atoms with Crippen LogP contribution in [-0.4, -0.2) is 69.0 Å². The lowest BCUT2D eigenvalue weighted by atomic mass is 9.84. The Labute approximate surface area is 222 Å². The van der Waals surface area contributed by atoms with Crippen LogP contribution in [-0.2, 0) is 16.7 Å². The van der Waals surface area contributed by atoms with Crippen LogP contribution >= 0.6 is 0 Å². The standard InChI is InChI=1S/C28H34N4O6/c1-7-37-23-12-17-14-31(25(29)18(17)13-19(23)26(34)30-5)15-22(33)16-10-20(28(2,3)4)24(36-6)21(11-16)32-8-9-38-27(32)35/h10-13,29H,7-9,14-15H2,1-6H3,(H,30,34). The molecule has 0 unspecified atom stereocenters. The number of rotatable bonds is 8. The SMILES string of the molecule is CCOc1cc2c(cc1C(=O)NC)C(=N)N(CC(=O)c1cc(N3CCOC3=O)c(OC)c(C(C)(C)C)c1)C2. The molecule has 2 aromatic rings. The normalized spacial score (nSPS) is 14.9. The number of methoxy groups -OCH3 is 1. The van der Waals surface area contributed by atoms with Crippen LogP contribution in [0.5, 0.6) is 11.5 Å². The molecule has 0 aliphatic carbocycles. The number of carbonyl (C=O) groups is 3. The number of amides is 2. The zero-order valence-corrected chi connectivity index (χ0v) is 22.7. The van der Waals surface area contributed by atoms with Crippen LogP contribution in [0.25, 0.3) is 0 Å². The van der Waals surface area contributed by atoms with Crippen molar-refractivity contribution in [1.82, 2.24) is 10.2 Å². The number of fused-ring (bicyclic) bond motifs is 1. The van der Waals surface area contributed by atoms with Gasteiger partial charge in [0.1, 0.15) is 23.9 Å². The quantitative estimate of drug-likeness (QED) is 0.507. The molecule has 0 spiro atoms. The Morgan fingerprint density at radius 3 is 2.50 bits per heavy atom. The molecule has 202 valence electrons. The number of cyclic esters (lactones) is 1. The first-order chi connectivity index (χ1) is 18.0. The predicted octanol–water partition coefficient (Wildman–Crippen LogP) is 3.73. The van der Waals surface area contributed by atoms with Gasteiger partial charge in [0, 0.05) is 30.3 Å². The molecular weight excluding hydrogens is 488 g/mol. The number of nitrogens with one attached hydrogen (secondary N) is 2. The van der Waals surface area contributed by atoms with E-state index >= 15 is 0 Å². The fraction of sp³-hybridized carbons (Fsp3) is 0.429. The second kappa shape index (κ2) is 10.4. The van der Waals surface area contributed by atoms with Crippen LogP contribution in [0.15, 0.2) is 24.3 Å². The van der Waals surface area contributed by atoms with Gasteiger partial charge >= 0.3 is 6.09 Å². The van der Waals surface area contributed by atoms with E-state index in [9.17, 15) is 14.4 Å². The van der Waals surface area contributed by atoms with E-state index in [2.05, 4.69) is 5.32 Å². The largest absolute Gasteiger partial charge is 0.494 e. The molecule has 4 rings (SSSR count). The number of nitrogens with zero attached hydrogens (tertiary/aromatic N) is 2. The highest BCUT2D eigenvalue weighted by molar-refractivity contribution is 6.08. The molecule has 1 fully saturated rings. The van der Waals surface area contributed by atoms with Gasteiger partial charge < -0.3 is 24.4 Å². The maximum atomic E-state index is 13.6. The Hall–Kier alpha value is -4.08. The molecule has 38 heavy (non-hydrogen) atoms. The van der Waals surface area contributed by atoms with Crippen molar-refractivity contribution in [2.24, 2.45) is 0 Å². The Kier molecular flexibility index (Phi) is 7.35. The number of hydrogen-bond donors (Lipinski definition) is 2. The Balaban J connectivity index is 1.67. The topological polar surface area (TPSA) is 121 Å². The third kappa shape index (κ3) is 4.90. The van der Waals surface area contributed by atoms with E-state index in [4.69, 9.17) is 19.6 Å². The third-order valence-corrected chi connectivity index (χ3v) is 6.70. The summed E-state index contributed by atoms with van der Waals surface area (Å²) in [5, 5.41) is 11.3. The van der Waals surface area contributed by atoms with Gasteiger partial charge in [-0.15, -0.1) is 0 Å². The predicted molar refractivity (Wildman–Crippen MR) is 143 cm³/mol. The molecular formula is C28H34N4O6. The van der Waals surface area contributed by atoms with Crippen LogP contribution in [0.1, 0.15) is 65.1 Å². The zero-order chi connectivity index (χ0) is 27.8. The highest BCUT2D eigenvalue weighted by Gasteiger charge is 2.33. The minimum absolute atomic E-state index is 0.0490. The summed E-state index contributed by atoms with van der Waals surface area (Å²) >= 11 is 0. The molecule has 2 heterocycles. The number of amidine groups is 1. The van der Waals surface area contributed by atoms with Gasteiger partial charge in [-0.05, 0) is 42.2 Å². The monoisotopic (exact) mass is 522 g/mol. The lowest BCUT2D eigenvalue weighted by Gasteiger charge is -2.27. The van der Waals surface area contributed by atoms with Gasteiger partial charge in [-0.25, -0.2) is 4.79 Å². The number of ether oxygens (including phenoxy) is 3. The van der Waals surface area contributed by atoms with Crippen molar-refractivity contribution < 1.29 is 28.6 Å². The van der Waals surface area contributed by atoms with E-state index in [-0.39, 0.29) is 36.1 Å². The van der Waals surface area contributed by atoms with E-state index in [0.717, 1.165) is 11.1 Å². The second-order valence-corrected chi connectivity index (χ2v) is 10.2. The van der Waals surface area contributed by atoms with Crippen molar-refractivity contribution in [3.8, 4) is 11.5 Å². The maximum absolute atomic E-state index is 13.6. The molecule has 0 radical (unpaired) electrons. The molecule has 10 heteroatoms. The summed E-state index contributed by atoms with van der Waals surface area (Å²) in [5.41, 5.74) is 3.06. The number of hydrogen-bond acceptors (Lipinski definition) is 7. The first kappa shape index (κ1) is 27.0. The molecule has 1 saturated heterocycles. The van der Waals surface area contributed by atoms with Crippen molar-refractivity contribution in [2.45, 2.75) is 39.7 Å². The number of ketones is 1. The van der Waals surface area contributed by atoms with Crippen LogP contribution in [0.2, 0.25) is 0 Å². The minimum Gasteiger partial charge on any atom is -0.494 e. The molecule has 2 aliphatic heterocycles. The summed E-state index contributed by atoms with van der Waals surface area (Å²) in [6.07, 6.45) is -0.485. The number of anilines is 1. The van der Waals surface area contributed by atoms with E-state index in [0.29, 0.717) is 53.6 Å². The fourth-order valence-corrected chi connectivity index (χ4v) is 4.77. The maximum Gasteiger partial charge on any atom is 0.414 e.